The highest BCUT2D eigenvalue weighted by molar-refractivity contribution is 6.31. The van der Waals surface area contributed by atoms with Crippen molar-refractivity contribution in [2.45, 2.75) is 12.5 Å². The first-order valence-electron chi connectivity index (χ1n) is 10.0. The number of anilines is 2. The molecule has 3 aromatic rings. The van der Waals surface area contributed by atoms with E-state index in [9.17, 15) is 4.79 Å². The molecule has 0 saturated carbocycles. The summed E-state index contributed by atoms with van der Waals surface area (Å²) in [6, 6.07) is 20.1. The van der Waals surface area contributed by atoms with Gasteiger partial charge in [0.25, 0.3) is 0 Å². The molecule has 32 heavy (non-hydrogen) atoms. The zero-order chi connectivity index (χ0) is 22.5. The maximum Gasteiger partial charge on any atom is 0.339 e. The van der Waals surface area contributed by atoms with Gasteiger partial charge in [0.2, 0.25) is 0 Å². The standard InChI is InChI=1S/C24H23ClN4O3/c1-31-18-8-3-15(4-9-18)22-14-23(20-13-16(25)5-12-21(20)27-22)28-29-24(30)26-17-6-10-19(32-2)11-7-17/h3-13,22,27H,14H2,1-2H3,(H2,26,29,30). The molecule has 0 aromatic heterocycles. The van der Waals surface area contributed by atoms with E-state index in [1.54, 1.807) is 38.5 Å². The van der Waals surface area contributed by atoms with Crippen LogP contribution in [0.3, 0.4) is 0 Å². The molecule has 1 unspecified atom stereocenters. The molecule has 1 aliphatic rings. The number of benzene rings is 3. The normalized spacial score (nSPS) is 16.0. The lowest BCUT2D eigenvalue weighted by Gasteiger charge is -2.28. The van der Waals surface area contributed by atoms with Crippen LogP contribution in [0.4, 0.5) is 16.2 Å². The van der Waals surface area contributed by atoms with Gasteiger partial charge in [-0.2, -0.15) is 5.10 Å². The number of ether oxygens (including phenoxy) is 2. The highest BCUT2D eigenvalue weighted by atomic mass is 35.5. The molecule has 164 valence electrons. The van der Waals surface area contributed by atoms with E-state index < -0.39 is 6.03 Å². The SMILES string of the molecule is COc1ccc(NC(=O)NN=C2CC(c3ccc(OC)cc3)Nc3ccc(Cl)cc32)cc1. The molecule has 3 N–H and O–H groups in total. The van der Waals surface area contributed by atoms with Crippen molar-refractivity contribution in [1.29, 1.82) is 0 Å². The van der Waals surface area contributed by atoms with Crippen LogP contribution in [-0.2, 0) is 0 Å². The zero-order valence-electron chi connectivity index (χ0n) is 17.7. The van der Waals surface area contributed by atoms with Gasteiger partial charge in [0, 0.05) is 28.4 Å². The summed E-state index contributed by atoms with van der Waals surface area (Å²) in [5, 5.41) is 11.3. The van der Waals surface area contributed by atoms with Crippen molar-refractivity contribution >= 4 is 34.7 Å². The lowest BCUT2D eigenvalue weighted by molar-refractivity contribution is 0.252. The first kappa shape index (κ1) is 21.5. The molecular formula is C24H23ClN4O3. The van der Waals surface area contributed by atoms with Gasteiger partial charge in [-0.3, -0.25) is 0 Å². The van der Waals surface area contributed by atoms with Crippen LogP contribution in [0, 0.1) is 0 Å². The molecule has 4 rings (SSSR count). The Balaban J connectivity index is 1.53. The van der Waals surface area contributed by atoms with Gasteiger partial charge in [-0.1, -0.05) is 23.7 Å². The largest absolute Gasteiger partial charge is 0.497 e. The number of methoxy groups -OCH3 is 2. The number of carbonyl (C=O) groups is 1. The lowest BCUT2D eigenvalue weighted by atomic mass is 9.92. The molecule has 1 heterocycles. The first-order chi connectivity index (χ1) is 15.6. The molecule has 3 aromatic carbocycles. The van der Waals surface area contributed by atoms with E-state index in [1.807, 2.05) is 42.5 Å². The van der Waals surface area contributed by atoms with Gasteiger partial charge in [0.05, 0.1) is 26.0 Å². The van der Waals surface area contributed by atoms with Crippen LogP contribution in [0.15, 0.2) is 71.8 Å². The second-order valence-corrected chi connectivity index (χ2v) is 7.65. The third kappa shape index (κ3) is 4.95. The van der Waals surface area contributed by atoms with Crippen molar-refractivity contribution in [1.82, 2.24) is 5.43 Å². The average Bonchev–Trinajstić information content (AvgIpc) is 2.83. The maximum atomic E-state index is 12.4. The summed E-state index contributed by atoms with van der Waals surface area (Å²) in [5.74, 6) is 1.51. The molecule has 1 aliphatic heterocycles. The van der Waals surface area contributed by atoms with Crippen LogP contribution in [0.5, 0.6) is 11.5 Å². The van der Waals surface area contributed by atoms with Gasteiger partial charge in [0.1, 0.15) is 11.5 Å². The minimum atomic E-state index is -0.439. The summed E-state index contributed by atoms with van der Waals surface area (Å²) < 4.78 is 10.4. The molecule has 0 saturated heterocycles. The summed E-state index contributed by atoms with van der Waals surface area (Å²) >= 11 is 6.22. The summed E-state index contributed by atoms with van der Waals surface area (Å²) in [7, 11) is 3.23. The number of nitrogens with zero attached hydrogens (tertiary/aromatic N) is 1. The number of amides is 2. The fraction of sp³-hybridized carbons (Fsp3) is 0.167. The van der Waals surface area contributed by atoms with Crippen LogP contribution >= 0.6 is 11.6 Å². The second-order valence-electron chi connectivity index (χ2n) is 7.22. The number of rotatable bonds is 5. The lowest BCUT2D eigenvalue weighted by Crippen LogP contribution is -2.29. The minimum absolute atomic E-state index is 0.0141. The van der Waals surface area contributed by atoms with Crippen molar-refractivity contribution in [3.63, 3.8) is 0 Å². The molecule has 0 spiro atoms. The highest BCUT2D eigenvalue weighted by Crippen LogP contribution is 2.35. The van der Waals surface area contributed by atoms with Crippen molar-refractivity contribution < 1.29 is 14.3 Å². The maximum absolute atomic E-state index is 12.4. The molecule has 0 fully saturated rings. The zero-order valence-corrected chi connectivity index (χ0v) is 18.4. The van der Waals surface area contributed by atoms with Gasteiger partial charge < -0.3 is 20.1 Å². The number of fused-ring (bicyclic) bond motifs is 1. The molecule has 8 heteroatoms. The Labute approximate surface area is 191 Å². The predicted molar refractivity (Wildman–Crippen MR) is 127 cm³/mol. The second kappa shape index (κ2) is 9.62. The Morgan fingerprint density at radius 2 is 1.66 bits per heavy atom. The number of nitrogens with one attached hydrogen (secondary N) is 3. The van der Waals surface area contributed by atoms with E-state index in [2.05, 4.69) is 21.2 Å². The molecule has 1 atom stereocenters. The van der Waals surface area contributed by atoms with E-state index in [4.69, 9.17) is 21.1 Å². The van der Waals surface area contributed by atoms with Crippen molar-refractivity contribution in [2.75, 3.05) is 24.9 Å². The van der Waals surface area contributed by atoms with Crippen LogP contribution < -0.4 is 25.5 Å². The summed E-state index contributed by atoms with van der Waals surface area (Å²) in [6.07, 6.45) is 0.572. The number of hydrogen-bond donors (Lipinski definition) is 3. The molecular weight excluding hydrogens is 428 g/mol. The number of carbonyl (C=O) groups excluding carboxylic acids is 1. The number of urea groups is 1. The van der Waals surface area contributed by atoms with Crippen LogP contribution in [-0.4, -0.2) is 26.0 Å². The molecule has 0 bridgehead atoms. The Hall–Kier alpha value is -3.71. The number of hydrazone groups is 1. The summed E-state index contributed by atoms with van der Waals surface area (Å²) in [5.41, 5.74) is 6.80. The van der Waals surface area contributed by atoms with Crippen LogP contribution in [0.25, 0.3) is 0 Å². The van der Waals surface area contributed by atoms with Crippen molar-refractivity contribution in [2.24, 2.45) is 5.10 Å². The molecule has 2 amide bonds. The van der Waals surface area contributed by atoms with Crippen molar-refractivity contribution in [3.05, 3.63) is 82.9 Å². The Morgan fingerprint density at radius 1 is 1.00 bits per heavy atom. The summed E-state index contributed by atoms with van der Waals surface area (Å²) in [6.45, 7) is 0. The van der Waals surface area contributed by atoms with E-state index >= 15 is 0 Å². The Kier molecular flexibility index (Phi) is 6.47. The Bertz CT molecular complexity index is 1130. The first-order valence-corrected chi connectivity index (χ1v) is 10.4. The van der Waals surface area contributed by atoms with Crippen LogP contribution in [0.1, 0.15) is 23.6 Å². The van der Waals surface area contributed by atoms with E-state index in [-0.39, 0.29) is 6.04 Å². The van der Waals surface area contributed by atoms with Gasteiger partial charge >= 0.3 is 6.03 Å². The Morgan fingerprint density at radius 3 is 2.31 bits per heavy atom. The van der Waals surface area contributed by atoms with E-state index in [1.165, 1.54) is 0 Å². The molecule has 7 nitrogen and oxygen atoms in total. The fourth-order valence-electron chi connectivity index (χ4n) is 3.52. The molecule has 0 aliphatic carbocycles. The highest BCUT2D eigenvalue weighted by Gasteiger charge is 2.25. The molecule has 0 radical (unpaired) electrons. The van der Waals surface area contributed by atoms with Gasteiger partial charge in [0.15, 0.2) is 0 Å². The predicted octanol–water partition coefficient (Wildman–Crippen LogP) is 5.44. The third-order valence-corrected chi connectivity index (χ3v) is 5.41. The number of hydrogen-bond acceptors (Lipinski definition) is 5. The number of halogens is 1. The third-order valence-electron chi connectivity index (χ3n) is 5.18. The van der Waals surface area contributed by atoms with E-state index in [0.29, 0.717) is 22.9 Å². The van der Waals surface area contributed by atoms with Crippen LogP contribution in [0.2, 0.25) is 5.02 Å². The monoisotopic (exact) mass is 450 g/mol. The average molecular weight is 451 g/mol. The smallest absolute Gasteiger partial charge is 0.339 e. The summed E-state index contributed by atoms with van der Waals surface area (Å²) in [4.78, 5) is 12.4. The minimum Gasteiger partial charge on any atom is -0.497 e. The van der Waals surface area contributed by atoms with E-state index in [0.717, 1.165) is 28.3 Å². The van der Waals surface area contributed by atoms with Gasteiger partial charge in [-0.05, 0) is 60.2 Å². The van der Waals surface area contributed by atoms with Gasteiger partial charge in [-0.15, -0.1) is 0 Å². The quantitative estimate of drug-likeness (QED) is 0.452. The van der Waals surface area contributed by atoms with Gasteiger partial charge in [-0.25, -0.2) is 10.2 Å². The van der Waals surface area contributed by atoms with Crippen molar-refractivity contribution in [3.8, 4) is 11.5 Å². The fourth-order valence-corrected chi connectivity index (χ4v) is 3.69. The topological polar surface area (TPSA) is 84.0 Å².